The molecule has 9 heteroatoms. The summed E-state index contributed by atoms with van der Waals surface area (Å²) in [6.45, 7) is 8.74. The van der Waals surface area contributed by atoms with Gasteiger partial charge in [-0.1, -0.05) is 30.3 Å². The van der Waals surface area contributed by atoms with Crippen molar-refractivity contribution < 1.29 is 29.3 Å². The van der Waals surface area contributed by atoms with Crippen molar-refractivity contribution in [3.05, 3.63) is 59.2 Å². The highest BCUT2D eigenvalue weighted by atomic mass is 16.5. The second-order valence-electron chi connectivity index (χ2n) is 8.58. The lowest BCUT2D eigenvalue weighted by Crippen LogP contribution is -2.52. The van der Waals surface area contributed by atoms with Crippen LogP contribution in [-0.4, -0.2) is 84.4 Å². The lowest BCUT2D eigenvalue weighted by Gasteiger charge is -2.39. The Morgan fingerprint density at radius 2 is 1.54 bits per heavy atom. The molecule has 1 heterocycles. The molecule has 1 fully saturated rings. The SMILES string of the molecule is CC(=O)O.COc1ccccc1OCC(O)CN1CCN(C(C(N)=O)c2c(C)cccc2C)CC1. The lowest BCUT2D eigenvalue weighted by molar-refractivity contribution is -0.134. The van der Waals surface area contributed by atoms with E-state index in [1.807, 2.05) is 56.3 Å². The molecule has 1 saturated heterocycles. The Balaban J connectivity index is 0.00000100. The van der Waals surface area contributed by atoms with Crippen molar-refractivity contribution >= 4 is 11.9 Å². The van der Waals surface area contributed by atoms with E-state index in [-0.39, 0.29) is 12.5 Å². The van der Waals surface area contributed by atoms with Crippen LogP contribution < -0.4 is 15.2 Å². The number of aliphatic carboxylic acids is 1. The number of rotatable bonds is 9. The Labute approximate surface area is 207 Å². The number of primary amides is 1. The molecule has 0 radical (unpaired) electrons. The number of aliphatic hydroxyl groups is 1. The number of aryl methyl sites for hydroxylation is 2. The van der Waals surface area contributed by atoms with E-state index in [9.17, 15) is 9.90 Å². The van der Waals surface area contributed by atoms with Gasteiger partial charge in [-0.15, -0.1) is 0 Å². The monoisotopic (exact) mass is 487 g/mol. The van der Waals surface area contributed by atoms with Crippen LogP contribution in [0.2, 0.25) is 0 Å². The van der Waals surface area contributed by atoms with Crippen molar-refractivity contribution in [3.63, 3.8) is 0 Å². The minimum absolute atomic E-state index is 0.187. The van der Waals surface area contributed by atoms with Crippen molar-refractivity contribution in [2.24, 2.45) is 5.73 Å². The van der Waals surface area contributed by atoms with Gasteiger partial charge in [-0.25, -0.2) is 0 Å². The van der Waals surface area contributed by atoms with E-state index in [0.29, 0.717) is 31.1 Å². The molecule has 1 amide bonds. The van der Waals surface area contributed by atoms with Gasteiger partial charge in [-0.2, -0.15) is 0 Å². The minimum atomic E-state index is -0.833. The largest absolute Gasteiger partial charge is 0.493 e. The van der Waals surface area contributed by atoms with Crippen LogP contribution in [-0.2, 0) is 9.59 Å². The normalized spacial score (nSPS) is 15.9. The average molecular weight is 488 g/mol. The first-order valence-corrected chi connectivity index (χ1v) is 11.6. The standard InChI is InChI=1S/C24H33N3O4.C2H4O2/c1-17-7-6-8-18(2)22(17)23(24(25)29)27-13-11-26(12-14-27)15-19(28)16-31-21-10-5-4-9-20(21)30-3;1-2(3)4/h4-10,19,23,28H,11-16H2,1-3H3,(H2,25,29);1H3,(H,3,4). The average Bonchev–Trinajstić information content (AvgIpc) is 2.80. The first-order chi connectivity index (χ1) is 16.6. The van der Waals surface area contributed by atoms with Crippen LogP contribution in [0.15, 0.2) is 42.5 Å². The predicted molar refractivity (Wildman–Crippen MR) is 134 cm³/mol. The zero-order chi connectivity index (χ0) is 26.0. The van der Waals surface area contributed by atoms with E-state index in [2.05, 4.69) is 9.80 Å². The van der Waals surface area contributed by atoms with Gasteiger partial charge in [0.1, 0.15) is 18.8 Å². The number of aliphatic hydroxyl groups excluding tert-OH is 1. The molecule has 4 N–H and O–H groups in total. The summed E-state index contributed by atoms with van der Waals surface area (Å²) < 4.78 is 11.0. The summed E-state index contributed by atoms with van der Waals surface area (Å²) in [6, 6.07) is 13.0. The Kier molecular flexibility index (Phi) is 11.0. The molecule has 1 aliphatic heterocycles. The van der Waals surface area contributed by atoms with Crippen LogP contribution in [0.25, 0.3) is 0 Å². The van der Waals surface area contributed by atoms with Crippen molar-refractivity contribution in [3.8, 4) is 11.5 Å². The number of carboxylic acids is 1. The number of para-hydroxylation sites is 2. The van der Waals surface area contributed by atoms with E-state index in [1.54, 1.807) is 7.11 Å². The van der Waals surface area contributed by atoms with Gasteiger partial charge in [0.15, 0.2) is 11.5 Å². The van der Waals surface area contributed by atoms with Gasteiger partial charge in [0.25, 0.3) is 5.97 Å². The Hall–Kier alpha value is -3.14. The molecule has 2 unspecified atom stereocenters. The smallest absolute Gasteiger partial charge is 0.300 e. The van der Waals surface area contributed by atoms with Crippen LogP contribution in [0, 0.1) is 13.8 Å². The zero-order valence-corrected chi connectivity index (χ0v) is 20.9. The highest BCUT2D eigenvalue weighted by Crippen LogP contribution is 2.28. The van der Waals surface area contributed by atoms with Crippen molar-refractivity contribution in [1.82, 2.24) is 9.80 Å². The number of benzene rings is 2. The number of β-amino-alcohol motifs (C(OH)–C–C–N with tert-alkyl or cyclic N) is 1. The summed E-state index contributed by atoms with van der Waals surface area (Å²) in [6.07, 6.45) is -0.623. The molecule has 9 nitrogen and oxygen atoms in total. The van der Waals surface area contributed by atoms with Crippen LogP contribution in [0.1, 0.15) is 29.7 Å². The molecule has 0 aliphatic carbocycles. The maximum Gasteiger partial charge on any atom is 0.300 e. The summed E-state index contributed by atoms with van der Waals surface area (Å²) in [5, 5.41) is 17.9. The Morgan fingerprint density at radius 1 is 1.00 bits per heavy atom. The van der Waals surface area contributed by atoms with Crippen molar-refractivity contribution in [1.29, 1.82) is 0 Å². The topological polar surface area (TPSA) is 126 Å². The molecule has 1 aliphatic rings. The molecular formula is C26H37N3O6. The number of nitrogens with zero attached hydrogens (tertiary/aromatic N) is 2. The molecule has 2 atom stereocenters. The van der Waals surface area contributed by atoms with E-state index in [4.69, 9.17) is 25.1 Å². The molecule has 0 saturated carbocycles. The number of hydrogen-bond acceptors (Lipinski definition) is 7. The summed E-state index contributed by atoms with van der Waals surface area (Å²) in [5.74, 6) is 0.107. The number of amides is 1. The molecular weight excluding hydrogens is 450 g/mol. The third kappa shape index (κ3) is 8.54. The fourth-order valence-electron chi connectivity index (χ4n) is 4.24. The van der Waals surface area contributed by atoms with Gasteiger partial charge in [-0.05, 0) is 42.7 Å². The molecule has 2 aromatic rings. The molecule has 3 rings (SSSR count). The van der Waals surface area contributed by atoms with Crippen LogP contribution >= 0.6 is 0 Å². The molecule has 2 aromatic carbocycles. The van der Waals surface area contributed by atoms with E-state index in [0.717, 1.165) is 36.7 Å². The van der Waals surface area contributed by atoms with Crippen molar-refractivity contribution in [2.75, 3.05) is 46.4 Å². The minimum Gasteiger partial charge on any atom is -0.493 e. The number of piperazine rings is 1. The maximum atomic E-state index is 12.3. The highest BCUT2D eigenvalue weighted by molar-refractivity contribution is 5.82. The van der Waals surface area contributed by atoms with Gasteiger partial charge < -0.3 is 25.4 Å². The third-order valence-corrected chi connectivity index (χ3v) is 5.83. The van der Waals surface area contributed by atoms with Gasteiger partial charge in [0.2, 0.25) is 5.91 Å². The molecule has 0 spiro atoms. The lowest BCUT2D eigenvalue weighted by atomic mass is 9.94. The zero-order valence-electron chi connectivity index (χ0n) is 20.9. The van der Waals surface area contributed by atoms with Crippen LogP contribution in [0.3, 0.4) is 0 Å². The fraction of sp³-hybridized carbons (Fsp3) is 0.462. The molecule has 35 heavy (non-hydrogen) atoms. The van der Waals surface area contributed by atoms with Crippen molar-refractivity contribution in [2.45, 2.75) is 32.9 Å². The quantitative estimate of drug-likeness (QED) is 0.490. The summed E-state index contributed by atoms with van der Waals surface area (Å²) >= 11 is 0. The molecule has 0 bridgehead atoms. The van der Waals surface area contributed by atoms with Crippen LogP contribution in [0.4, 0.5) is 0 Å². The number of methoxy groups -OCH3 is 1. The van der Waals surface area contributed by atoms with Gasteiger partial charge in [0, 0.05) is 39.6 Å². The Morgan fingerprint density at radius 3 is 2.06 bits per heavy atom. The summed E-state index contributed by atoms with van der Waals surface area (Å²) in [4.78, 5) is 25.7. The number of ether oxygens (including phenoxy) is 2. The van der Waals surface area contributed by atoms with Gasteiger partial charge in [-0.3, -0.25) is 19.4 Å². The first kappa shape index (κ1) is 28.1. The van der Waals surface area contributed by atoms with Gasteiger partial charge in [0.05, 0.1) is 7.11 Å². The second kappa shape index (κ2) is 13.7. The van der Waals surface area contributed by atoms with E-state index in [1.165, 1.54) is 0 Å². The fourth-order valence-corrected chi connectivity index (χ4v) is 4.24. The van der Waals surface area contributed by atoms with E-state index < -0.39 is 18.1 Å². The Bertz CT molecular complexity index is 951. The van der Waals surface area contributed by atoms with Crippen LogP contribution in [0.5, 0.6) is 11.5 Å². The maximum absolute atomic E-state index is 12.3. The number of nitrogens with two attached hydrogens (primary N) is 1. The van der Waals surface area contributed by atoms with Gasteiger partial charge >= 0.3 is 0 Å². The number of carbonyl (C=O) groups is 2. The third-order valence-electron chi connectivity index (χ3n) is 5.83. The summed E-state index contributed by atoms with van der Waals surface area (Å²) in [5.41, 5.74) is 8.98. The molecule has 0 aromatic heterocycles. The number of hydrogen-bond donors (Lipinski definition) is 3. The first-order valence-electron chi connectivity index (χ1n) is 11.6. The predicted octanol–water partition coefficient (Wildman–Crippen LogP) is 1.99. The number of carbonyl (C=O) groups excluding carboxylic acids is 1. The molecule has 192 valence electrons. The highest BCUT2D eigenvalue weighted by Gasteiger charge is 2.31. The second-order valence-corrected chi connectivity index (χ2v) is 8.58. The number of carboxylic acid groups (broad SMARTS) is 1. The summed E-state index contributed by atoms with van der Waals surface area (Å²) in [7, 11) is 1.59. The van der Waals surface area contributed by atoms with E-state index >= 15 is 0 Å².